The summed E-state index contributed by atoms with van der Waals surface area (Å²) in [7, 11) is 0. The van der Waals surface area contributed by atoms with Crippen molar-refractivity contribution in [3.8, 4) is 0 Å². The maximum absolute atomic E-state index is 13.2. The number of aromatic nitrogens is 4. The minimum atomic E-state index is 0.0884. The monoisotopic (exact) mass is 337 g/mol. The smallest absolute Gasteiger partial charge is 0.256 e. The highest BCUT2D eigenvalue weighted by atomic mass is 16.2. The molecule has 0 aliphatic carbocycles. The van der Waals surface area contributed by atoms with Crippen LogP contribution in [0.3, 0.4) is 0 Å². The van der Waals surface area contributed by atoms with Gasteiger partial charge in [-0.3, -0.25) is 9.48 Å². The fourth-order valence-electron chi connectivity index (χ4n) is 3.80. The number of H-pyrrole nitrogens is 1. The number of aromatic amines is 1. The highest BCUT2D eigenvalue weighted by Gasteiger charge is 2.29. The molecule has 25 heavy (non-hydrogen) atoms. The molecule has 1 aliphatic heterocycles. The number of fused-ring (bicyclic) bond motifs is 1. The summed E-state index contributed by atoms with van der Waals surface area (Å²) in [6, 6.07) is 6.09. The molecule has 0 saturated carbocycles. The van der Waals surface area contributed by atoms with Crippen LogP contribution in [0.15, 0.2) is 30.6 Å². The zero-order chi connectivity index (χ0) is 17.4. The van der Waals surface area contributed by atoms with Gasteiger partial charge >= 0.3 is 0 Å². The first-order valence-electron chi connectivity index (χ1n) is 8.87. The lowest BCUT2D eigenvalue weighted by atomic mass is 10.0. The van der Waals surface area contributed by atoms with Crippen LogP contribution >= 0.6 is 0 Å². The molecule has 4 heterocycles. The van der Waals surface area contributed by atoms with Gasteiger partial charge in [-0.25, -0.2) is 4.98 Å². The first-order valence-corrected chi connectivity index (χ1v) is 8.87. The Bertz CT molecular complexity index is 910. The van der Waals surface area contributed by atoms with Gasteiger partial charge in [0.05, 0.1) is 23.8 Å². The largest absolute Gasteiger partial charge is 0.345 e. The van der Waals surface area contributed by atoms with Crippen LogP contribution in [0.2, 0.25) is 0 Å². The zero-order valence-electron chi connectivity index (χ0n) is 14.7. The molecule has 0 aromatic carbocycles. The fourth-order valence-corrected chi connectivity index (χ4v) is 3.80. The predicted molar refractivity (Wildman–Crippen MR) is 96.5 cm³/mol. The molecule has 130 valence electrons. The molecule has 0 spiro atoms. The molecule has 1 atom stereocenters. The lowest BCUT2D eigenvalue weighted by Crippen LogP contribution is -2.46. The minimum Gasteiger partial charge on any atom is -0.345 e. The number of nitrogens with zero attached hydrogens (tertiary/aromatic N) is 4. The summed E-state index contributed by atoms with van der Waals surface area (Å²) in [5.41, 5.74) is 3.64. The summed E-state index contributed by atoms with van der Waals surface area (Å²) < 4.78 is 2.03. The normalized spacial score (nSPS) is 18.0. The molecule has 0 radical (unpaired) electrons. The third-order valence-corrected chi connectivity index (χ3v) is 5.06. The Morgan fingerprint density at radius 3 is 3.04 bits per heavy atom. The number of aryl methyl sites for hydroxylation is 2. The van der Waals surface area contributed by atoms with Crippen LogP contribution in [0.1, 0.15) is 41.0 Å². The number of likely N-dealkylation sites (tertiary alicyclic amines) is 1. The molecule has 6 nitrogen and oxygen atoms in total. The first kappa shape index (κ1) is 15.9. The number of carbonyl (C=O) groups excluding carboxylic acids is 1. The molecule has 1 amide bonds. The number of pyridine rings is 1. The Labute approximate surface area is 146 Å². The molecular formula is C19H23N5O. The van der Waals surface area contributed by atoms with E-state index < -0.39 is 0 Å². The van der Waals surface area contributed by atoms with Crippen LogP contribution < -0.4 is 0 Å². The van der Waals surface area contributed by atoms with E-state index in [0.717, 1.165) is 54.8 Å². The molecule has 3 aromatic rings. The van der Waals surface area contributed by atoms with E-state index in [1.807, 2.05) is 28.6 Å². The number of carbonyl (C=O) groups is 1. The summed E-state index contributed by atoms with van der Waals surface area (Å²) in [5, 5.41) is 5.46. The van der Waals surface area contributed by atoms with E-state index in [9.17, 15) is 4.79 Å². The second-order valence-corrected chi connectivity index (χ2v) is 6.86. The summed E-state index contributed by atoms with van der Waals surface area (Å²) in [6.07, 6.45) is 6.75. The third-order valence-electron chi connectivity index (χ3n) is 5.06. The van der Waals surface area contributed by atoms with Gasteiger partial charge in [0, 0.05) is 30.0 Å². The Morgan fingerprint density at radius 1 is 1.36 bits per heavy atom. The van der Waals surface area contributed by atoms with Crippen molar-refractivity contribution in [1.29, 1.82) is 0 Å². The van der Waals surface area contributed by atoms with Crippen LogP contribution in [-0.2, 0) is 6.54 Å². The summed E-state index contributed by atoms with van der Waals surface area (Å²) in [5.74, 6) is 0.0884. The van der Waals surface area contributed by atoms with Gasteiger partial charge in [-0.05, 0) is 51.3 Å². The summed E-state index contributed by atoms with van der Waals surface area (Å²) in [4.78, 5) is 22.6. The van der Waals surface area contributed by atoms with Gasteiger partial charge in [-0.15, -0.1) is 0 Å². The van der Waals surface area contributed by atoms with Crippen molar-refractivity contribution in [3.05, 3.63) is 47.5 Å². The number of amides is 1. The lowest BCUT2D eigenvalue weighted by Gasteiger charge is -2.36. The average molecular weight is 337 g/mol. The highest BCUT2D eigenvalue weighted by Crippen LogP contribution is 2.24. The predicted octanol–water partition coefficient (Wildman–Crippen LogP) is 3.07. The molecule has 3 aromatic heterocycles. The van der Waals surface area contributed by atoms with E-state index in [1.165, 1.54) is 0 Å². The maximum Gasteiger partial charge on any atom is 0.256 e. The van der Waals surface area contributed by atoms with Crippen LogP contribution in [0.25, 0.3) is 11.0 Å². The van der Waals surface area contributed by atoms with Crippen LogP contribution in [-0.4, -0.2) is 43.1 Å². The number of piperidine rings is 1. The minimum absolute atomic E-state index is 0.0884. The van der Waals surface area contributed by atoms with Crippen LogP contribution in [0.5, 0.6) is 0 Å². The van der Waals surface area contributed by atoms with Gasteiger partial charge in [0.15, 0.2) is 0 Å². The Morgan fingerprint density at radius 2 is 2.24 bits per heavy atom. The third kappa shape index (κ3) is 2.92. The molecule has 0 unspecified atom stereocenters. The molecule has 1 N–H and O–H groups in total. The Balaban J connectivity index is 1.62. The van der Waals surface area contributed by atoms with E-state index in [1.54, 1.807) is 12.4 Å². The fraction of sp³-hybridized carbons (Fsp3) is 0.421. The second kappa shape index (κ2) is 6.35. The van der Waals surface area contributed by atoms with Gasteiger partial charge in [0.1, 0.15) is 5.65 Å². The average Bonchev–Trinajstić information content (AvgIpc) is 3.18. The number of nitrogens with one attached hydrogen (secondary N) is 1. The van der Waals surface area contributed by atoms with Gasteiger partial charge in [0.25, 0.3) is 5.91 Å². The van der Waals surface area contributed by atoms with Gasteiger partial charge in [-0.1, -0.05) is 0 Å². The van der Waals surface area contributed by atoms with Crippen molar-refractivity contribution in [2.75, 3.05) is 6.54 Å². The summed E-state index contributed by atoms with van der Waals surface area (Å²) in [6.45, 7) is 5.63. The number of hydrogen-bond acceptors (Lipinski definition) is 3. The van der Waals surface area contributed by atoms with E-state index >= 15 is 0 Å². The maximum atomic E-state index is 13.2. The van der Waals surface area contributed by atoms with Gasteiger partial charge in [-0.2, -0.15) is 5.10 Å². The Kier molecular flexibility index (Phi) is 4.03. The summed E-state index contributed by atoms with van der Waals surface area (Å²) >= 11 is 0. The van der Waals surface area contributed by atoms with Crippen molar-refractivity contribution < 1.29 is 4.79 Å². The lowest BCUT2D eigenvalue weighted by molar-refractivity contribution is 0.0585. The number of rotatable bonds is 3. The molecule has 1 saturated heterocycles. The van der Waals surface area contributed by atoms with Crippen molar-refractivity contribution in [2.24, 2.45) is 0 Å². The number of hydrogen-bond donors (Lipinski definition) is 1. The van der Waals surface area contributed by atoms with E-state index in [2.05, 4.69) is 28.1 Å². The molecular weight excluding hydrogens is 314 g/mol. The van der Waals surface area contributed by atoms with Crippen LogP contribution in [0, 0.1) is 13.8 Å². The highest BCUT2D eigenvalue weighted by molar-refractivity contribution is 6.06. The van der Waals surface area contributed by atoms with E-state index in [0.29, 0.717) is 5.56 Å². The quantitative estimate of drug-likeness (QED) is 0.799. The van der Waals surface area contributed by atoms with Gasteiger partial charge in [0.2, 0.25) is 0 Å². The van der Waals surface area contributed by atoms with Gasteiger partial charge < -0.3 is 9.88 Å². The molecule has 1 fully saturated rings. The van der Waals surface area contributed by atoms with Crippen molar-refractivity contribution in [2.45, 2.75) is 45.7 Å². The molecule has 4 rings (SSSR count). The molecule has 0 bridgehead atoms. The SMILES string of the molecule is Cc1cc(C)n(C[C@H]2CCCCN2C(=O)c2c[nH]c3ncccc23)n1. The van der Waals surface area contributed by atoms with E-state index in [4.69, 9.17) is 0 Å². The topological polar surface area (TPSA) is 66.8 Å². The van der Waals surface area contributed by atoms with Crippen LogP contribution in [0.4, 0.5) is 0 Å². The Hall–Kier alpha value is -2.63. The van der Waals surface area contributed by atoms with Crippen molar-refractivity contribution in [3.63, 3.8) is 0 Å². The second-order valence-electron chi connectivity index (χ2n) is 6.86. The van der Waals surface area contributed by atoms with Crippen molar-refractivity contribution in [1.82, 2.24) is 24.6 Å². The first-order chi connectivity index (χ1) is 12.1. The van der Waals surface area contributed by atoms with Crippen molar-refractivity contribution >= 4 is 16.9 Å². The molecule has 6 heteroatoms. The molecule has 1 aliphatic rings. The zero-order valence-corrected chi connectivity index (χ0v) is 14.7. The van der Waals surface area contributed by atoms with E-state index in [-0.39, 0.29) is 11.9 Å². The standard InChI is InChI=1S/C19H23N5O/c1-13-10-14(2)24(22-13)12-15-6-3-4-9-23(15)19(25)17-11-21-18-16(17)7-5-8-20-18/h5,7-8,10-11,15H,3-4,6,9,12H2,1-2H3,(H,20,21)/t15-/m1/s1.